The largest absolute Gasteiger partial charge is 0.492 e. The number of aliphatic hydroxyl groups is 1. The first-order valence-electron chi connectivity index (χ1n) is 4.24. The van der Waals surface area contributed by atoms with Crippen molar-refractivity contribution in [1.29, 1.82) is 0 Å². The van der Waals surface area contributed by atoms with Crippen LogP contribution in [0.5, 0.6) is 5.75 Å². The van der Waals surface area contributed by atoms with Gasteiger partial charge in [-0.05, 0) is 12.1 Å². The molecular formula is C10H12N2O2. The van der Waals surface area contributed by atoms with Crippen molar-refractivity contribution in [3.63, 3.8) is 0 Å². The second-order valence-electron chi connectivity index (χ2n) is 2.81. The van der Waals surface area contributed by atoms with E-state index in [0.717, 1.165) is 0 Å². The van der Waals surface area contributed by atoms with E-state index >= 15 is 0 Å². The lowest BCUT2D eigenvalue weighted by Gasteiger charge is -2.09. The summed E-state index contributed by atoms with van der Waals surface area (Å²) in [5, 5.41) is 9.14. The first kappa shape index (κ1) is 10.5. The van der Waals surface area contributed by atoms with Crippen LogP contribution in [0.4, 0.5) is 5.69 Å². The van der Waals surface area contributed by atoms with Gasteiger partial charge in [0.25, 0.3) is 0 Å². The van der Waals surface area contributed by atoms with Crippen LogP contribution in [0.25, 0.3) is 4.85 Å². The summed E-state index contributed by atoms with van der Waals surface area (Å²) in [7, 11) is 0. The average Bonchev–Trinajstić information content (AvgIpc) is 2.26. The van der Waals surface area contributed by atoms with Gasteiger partial charge in [-0.1, -0.05) is 12.1 Å². The summed E-state index contributed by atoms with van der Waals surface area (Å²) in [4.78, 5) is 3.26. The minimum atomic E-state index is -0.661. The smallest absolute Gasteiger partial charge is 0.190 e. The number of hydrogen-bond donors (Lipinski definition) is 2. The van der Waals surface area contributed by atoms with Crippen LogP contribution in [0.1, 0.15) is 0 Å². The number of nitrogens with two attached hydrogens (primary N) is 1. The van der Waals surface area contributed by atoms with Crippen LogP contribution < -0.4 is 10.5 Å². The Morgan fingerprint density at radius 2 is 2.36 bits per heavy atom. The SMILES string of the molecule is [C-]#[N+]c1cccc(OC[C@@H](O)CN)c1. The number of benzene rings is 1. The highest BCUT2D eigenvalue weighted by atomic mass is 16.5. The van der Waals surface area contributed by atoms with E-state index in [2.05, 4.69) is 4.85 Å². The van der Waals surface area contributed by atoms with Gasteiger partial charge >= 0.3 is 0 Å². The molecule has 14 heavy (non-hydrogen) atoms. The molecule has 0 spiro atoms. The molecule has 3 N–H and O–H groups in total. The zero-order valence-corrected chi connectivity index (χ0v) is 7.68. The summed E-state index contributed by atoms with van der Waals surface area (Å²) in [5.74, 6) is 0.575. The molecule has 0 saturated carbocycles. The molecule has 0 aliphatic rings. The van der Waals surface area contributed by atoms with Crippen molar-refractivity contribution in [2.24, 2.45) is 5.73 Å². The predicted octanol–water partition coefficient (Wildman–Crippen LogP) is 0.936. The van der Waals surface area contributed by atoms with E-state index in [1.54, 1.807) is 24.3 Å². The van der Waals surface area contributed by atoms with Crippen molar-refractivity contribution in [2.45, 2.75) is 6.10 Å². The Labute approximate surface area is 82.7 Å². The van der Waals surface area contributed by atoms with Gasteiger partial charge in [0, 0.05) is 6.54 Å². The number of aliphatic hydroxyl groups excluding tert-OH is 1. The molecule has 0 amide bonds. The number of ether oxygens (including phenoxy) is 1. The molecule has 1 rings (SSSR count). The molecule has 0 heterocycles. The van der Waals surface area contributed by atoms with Gasteiger partial charge in [0.2, 0.25) is 0 Å². The van der Waals surface area contributed by atoms with Crippen LogP contribution in [0.3, 0.4) is 0 Å². The number of hydrogen-bond acceptors (Lipinski definition) is 3. The Hall–Kier alpha value is -1.57. The van der Waals surface area contributed by atoms with Crippen LogP contribution in [0.2, 0.25) is 0 Å². The van der Waals surface area contributed by atoms with Gasteiger partial charge in [-0.3, -0.25) is 0 Å². The molecule has 0 aliphatic carbocycles. The maximum absolute atomic E-state index is 9.14. The molecule has 0 fully saturated rings. The van der Waals surface area contributed by atoms with Crippen LogP contribution in [0, 0.1) is 6.57 Å². The Bertz CT molecular complexity index is 333. The molecule has 1 aromatic carbocycles. The number of rotatable bonds is 4. The summed E-state index contributed by atoms with van der Waals surface area (Å²) >= 11 is 0. The molecule has 0 saturated heterocycles. The van der Waals surface area contributed by atoms with Gasteiger partial charge in [-0.15, -0.1) is 0 Å². The molecule has 0 aliphatic heterocycles. The summed E-state index contributed by atoms with van der Waals surface area (Å²) in [5.41, 5.74) is 5.73. The van der Waals surface area contributed by atoms with Crippen LogP contribution in [-0.4, -0.2) is 24.4 Å². The minimum Gasteiger partial charge on any atom is -0.492 e. The van der Waals surface area contributed by atoms with Crippen molar-refractivity contribution in [3.8, 4) is 5.75 Å². The molecule has 1 atom stereocenters. The van der Waals surface area contributed by atoms with Crippen LogP contribution >= 0.6 is 0 Å². The Morgan fingerprint density at radius 3 is 3.00 bits per heavy atom. The van der Waals surface area contributed by atoms with Crippen molar-refractivity contribution in [2.75, 3.05) is 13.2 Å². The van der Waals surface area contributed by atoms with Crippen molar-refractivity contribution < 1.29 is 9.84 Å². The third-order valence-corrected chi connectivity index (χ3v) is 1.66. The quantitative estimate of drug-likeness (QED) is 0.698. The van der Waals surface area contributed by atoms with Crippen molar-refractivity contribution in [1.82, 2.24) is 0 Å². The lowest BCUT2D eigenvalue weighted by atomic mass is 10.3. The van der Waals surface area contributed by atoms with E-state index < -0.39 is 6.10 Å². The van der Waals surface area contributed by atoms with E-state index in [1.165, 1.54) is 0 Å². The van der Waals surface area contributed by atoms with Crippen LogP contribution in [0.15, 0.2) is 24.3 Å². The molecule has 4 nitrogen and oxygen atoms in total. The second-order valence-corrected chi connectivity index (χ2v) is 2.81. The molecule has 0 unspecified atom stereocenters. The minimum absolute atomic E-state index is 0.151. The van der Waals surface area contributed by atoms with Crippen molar-refractivity contribution >= 4 is 5.69 Å². The standard InChI is InChI=1S/C10H12N2O2/c1-12-8-3-2-4-10(5-8)14-7-9(13)6-11/h2-5,9,13H,6-7,11H2/t9-/m0/s1. The fraction of sp³-hybridized carbons (Fsp3) is 0.300. The predicted molar refractivity (Wildman–Crippen MR) is 53.3 cm³/mol. The molecule has 74 valence electrons. The number of nitrogens with zero attached hydrogens (tertiary/aromatic N) is 1. The third kappa shape index (κ3) is 3.05. The van der Waals surface area contributed by atoms with Gasteiger partial charge in [0.05, 0.1) is 6.57 Å². The Kier molecular flexibility index (Phi) is 3.92. The molecule has 0 bridgehead atoms. The lowest BCUT2D eigenvalue weighted by Crippen LogP contribution is -2.26. The van der Waals surface area contributed by atoms with Gasteiger partial charge in [-0.25, -0.2) is 4.85 Å². The summed E-state index contributed by atoms with van der Waals surface area (Å²) < 4.78 is 5.23. The first-order chi connectivity index (χ1) is 6.76. The average molecular weight is 192 g/mol. The van der Waals surface area contributed by atoms with Gasteiger partial charge < -0.3 is 15.6 Å². The zero-order chi connectivity index (χ0) is 10.4. The fourth-order valence-electron chi connectivity index (χ4n) is 0.903. The zero-order valence-electron chi connectivity index (χ0n) is 7.68. The van der Waals surface area contributed by atoms with E-state index in [0.29, 0.717) is 11.4 Å². The molecular weight excluding hydrogens is 180 g/mol. The first-order valence-corrected chi connectivity index (χ1v) is 4.24. The maximum atomic E-state index is 9.14. The summed E-state index contributed by atoms with van der Waals surface area (Å²) in [6, 6.07) is 6.78. The lowest BCUT2D eigenvalue weighted by molar-refractivity contribution is 0.114. The van der Waals surface area contributed by atoms with Gasteiger partial charge in [0.15, 0.2) is 5.69 Å². The second kappa shape index (κ2) is 5.22. The monoisotopic (exact) mass is 192 g/mol. The van der Waals surface area contributed by atoms with Gasteiger partial charge in [-0.2, -0.15) is 0 Å². The van der Waals surface area contributed by atoms with E-state index in [9.17, 15) is 0 Å². The topological polar surface area (TPSA) is 59.8 Å². The fourth-order valence-corrected chi connectivity index (χ4v) is 0.903. The van der Waals surface area contributed by atoms with Crippen LogP contribution in [-0.2, 0) is 0 Å². The van der Waals surface area contributed by atoms with E-state index in [-0.39, 0.29) is 13.2 Å². The molecule has 1 aromatic rings. The van der Waals surface area contributed by atoms with Gasteiger partial charge in [0.1, 0.15) is 18.5 Å². The summed E-state index contributed by atoms with van der Waals surface area (Å²) in [6.45, 7) is 7.11. The highest BCUT2D eigenvalue weighted by molar-refractivity contribution is 5.48. The Morgan fingerprint density at radius 1 is 1.57 bits per heavy atom. The highest BCUT2D eigenvalue weighted by Crippen LogP contribution is 2.19. The maximum Gasteiger partial charge on any atom is 0.190 e. The van der Waals surface area contributed by atoms with Crippen molar-refractivity contribution in [3.05, 3.63) is 35.7 Å². The summed E-state index contributed by atoms with van der Waals surface area (Å²) in [6.07, 6.45) is -0.661. The third-order valence-electron chi connectivity index (χ3n) is 1.66. The molecule has 0 radical (unpaired) electrons. The highest BCUT2D eigenvalue weighted by Gasteiger charge is 2.02. The molecule has 4 heteroatoms. The Balaban J connectivity index is 2.55. The molecule has 0 aromatic heterocycles. The normalized spacial score (nSPS) is 11.8. The van der Waals surface area contributed by atoms with E-state index in [4.69, 9.17) is 22.1 Å². The van der Waals surface area contributed by atoms with E-state index in [1.807, 2.05) is 0 Å².